The van der Waals surface area contributed by atoms with Crippen LogP contribution in [0.2, 0.25) is 0 Å². The summed E-state index contributed by atoms with van der Waals surface area (Å²) >= 11 is 5.79. The number of rotatable bonds is 4. The SMILES string of the molecule is CC(C)(CCl)C(=O)NC1CC(=O)N(c2ccccc2)C1. The Morgan fingerprint density at radius 2 is 2.05 bits per heavy atom. The molecule has 5 heteroatoms. The summed E-state index contributed by atoms with van der Waals surface area (Å²) in [7, 11) is 0. The molecule has 20 heavy (non-hydrogen) atoms. The third-order valence-electron chi connectivity index (χ3n) is 3.48. The highest BCUT2D eigenvalue weighted by Crippen LogP contribution is 2.23. The van der Waals surface area contributed by atoms with Crippen LogP contribution in [-0.2, 0) is 9.59 Å². The molecule has 1 fully saturated rings. The molecule has 0 bridgehead atoms. The normalized spacial score (nSPS) is 19.2. The van der Waals surface area contributed by atoms with Gasteiger partial charge in [-0.15, -0.1) is 11.6 Å². The van der Waals surface area contributed by atoms with E-state index in [9.17, 15) is 9.59 Å². The van der Waals surface area contributed by atoms with Gasteiger partial charge in [0.25, 0.3) is 0 Å². The fraction of sp³-hybridized carbons (Fsp3) is 0.467. The minimum Gasteiger partial charge on any atom is -0.351 e. The Hall–Kier alpha value is -1.55. The number of alkyl halides is 1. The van der Waals surface area contributed by atoms with Crippen LogP contribution in [0.5, 0.6) is 0 Å². The summed E-state index contributed by atoms with van der Waals surface area (Å²) < 4.78 is 0. The Bertz CT molecular complexity index is 502. The topological polar surface area (TPSA) is 49.4 Å². The van der Waals surface area contributed by atoms with Crippen molar-refractivity contribution in [2.45, 2.75) is 26.3 Å². The van der Waals surface area contributed by atoms with Crippen molar-refractivity contribution in [3.8, 4) is 0 Å². The fourth-order valence-corrected chi connectivity index (χ4v) is 2.22. The summed E-state index contributed by atoms with van der Waals surface area (Å²) in [5.41, 5.74) is 0.246. The average molecular weight is 295 g/mol. The van der Waals surface area contributed by atoms with Gasteiger partial charge in [-0.3, -0.25) is 9.59 Å². The van der Waals surface area contributed by atoms with E-state index in [0.29, 0.717) is 13.0 Å². The zero-order valence-corrected chi connectivity index (χ0v) is 12.5. The number of para-hydroxylation sites is 1. The smallest absolute Gasteiger partial charge is 0.229 e. The molecule has 4 nitrogen and oxygen atoms in total. The highest BCUT2D eigenvalue weighted by molar-refractivity contribution is 6.19. The largest absolute Gasteiger partial charge is 0.351 e. The van der Waals surface area contributed by atoms with E-state index in [2.05, 4.69) is 5.32 Å². The van der Waals surface area contributed by atoms with Crippen molar-refractivity contribution in [3.05, 3.63) is 30.3 Å². The Morgan fingerprint density at radius 1 is 1.40 bits per heavy atom. The Kier molecular flexibility index (Phi) is 4.33. The number of halogens is 1. The predicted octanol–water partition coefficient (Wildman–Crippen LogP) is 2.17. The van der Waals surface area contributed by atoms with Gasteiger partial charge < -0.3 is 10.2 Å². The first kappa shape index (κ1) is 14.9. The molecule has 2 amide bonds. The van der Waals surface area contributed by atoms with Crippen LogP contribution in [0.1, 0.15) is 20.3 Å². The summed E-state index contributed by atoms with van der Waals surface area (Å²) in [6.07, 6.45) is 0.332. The van der Waals surface area contributed by atoms with E-state index in [1.165, 1.54) is 0 Å². The van der Waals surface area contributed by atoms with Crippen LogP contribution >= 0.6 is 11.6 Å². The van der Waals surface area contributed by atoms with Gasteiger partial charge in [-0.2, -0.15) is 0 Å². The molecule has 0 radical (unpaired) electrons. The standard InChI is InChI=1S/C15H19ClN2O2/c1-15(2,10-16)14(20)17-11-8-13(19)18(9-11)12-6-4-3-5-7-12/h3-7,11H,8-10H2,1-2H3,(H,17,20). The van der Waals surface area contributed by atoms with Crippen molar-refractivity contribution in [2.24, 2.45) is 5.41 Å². The molecule has 1 aliphatic heterocycles. The zero-order chi connectivity index (χ0) is 14.8. The molecule has 1 unspecified atom stereocenters. The van der Waals surface area contributed by atoms with E-state index >= 15 is 0 Å². The first-order chi connectivity index (χ1) is 9.44. The Labute approximate surface area is 124 Å². The van der Waals surface area contributed by atoms with Crippen molar-refractivity contribution >= 4 is 29.1 Å². The molecule has 0 spiro atoms. The lowest BCUT2D eigenvalue weighted by Crippen LogP contribution is -2.44. The van der Waals surface area contributed by atoms with E-state index in [4.69, 9.17) is 11.6 Å². The Balaban J connectivity index is 2.01. The maximum Gasteiger partial charge on any atom is 0.229 e. The third-order valence-corrected chi connectivity index (χ3v) is 4.15. The lowest BCUT2D eigenvalue weighted by molar-refractivity contribution is -0.128. The number of hydrogen-bond donors (Lipinski definition) is 1. The van der Waals surface area contributed by atoms with E-state index in [1.54, 1.807) is 18.7 Å². The van der Waals surface area contributed by atoms with Crippen molar-refractivity contribution in [2.75, 3.05) is 17.3 Å². The molecule has 1 aliphatic rings. The summed E-state index contributed by atoms with van der Waals surface area (Å²) in [5.74, 6) is 0.174. The third kappa shape index (κ3) is 3.12. The monoisotopic (exact) mass is 294 g/mol. The molecule has 1 N–H and O–H groups in total. The van der Waals surface area contributed by atoms with E-state index in [1.807, 2.05) is 30.3 Å². The van der Waals surface area contributed by atoms with Gasteiger partial charge in [0.05, 0.1) is 11.5 Å². The van der Waals surface area contributed by atoms with Crippen molar-refractivity contribution in [3.63, 3.8) is 0 Å². The molecule has 0 aliphatic carbocycles. The van der Waals surface area contributed by atoms with Gasteiger partial charge in [0.15, 0.2) is 0 Å². The highest BCUT2D eigenvalue weighted by Gasteiger charge is 2.34. The van der Waals surface area contributed by atoms with Crippen LogP contribution in [-0.4, -0.2) is 30.3 Å². The van der Waals surface area contributed by atoms with Gasteiger partial charge in [-0.05, 0) is 26.0 Å². The number of amides is 2. The Morgan fingerprint density at radius 3 is 2.65 bits per heavy atom. The van der Waals surface area contributed by atoms with Crippen molar-refractivity contribution in [1.29, 1.82) is 0 Å². The van der Waals surface area contributed by atoms with Crippen molar-refractivity contribution in [1.82, 2.24) is 5.32 Å². The molecule has 0 aromatic heterocycles. The number of nitrogens with one attached hydrogen (secondary N) is 1. The molecule has 108 valence electrons. The van der Waals surface area contributed by atoms with Gasteiger partial charge in [0.2, 0.25) is 11.8 Å². The second kappa shape index (κ2) is 5.83. The van der Waals surface area contributed by atoms with Gasteiger partial charge in [0.1, 0.15) is 0 Å². The second-order valence-electron chi connectivity index (χ2n) is 5.73. The second-order valence-corrected chi connectivity index (χ2v) is 6.00. The van der Waals surface area contributed by atoms with Crippen molar-refractivity contribution < 1.29 is 9.59 Å². The van der Waals surface area contributed by atoms with Crippen LogP contribution in [0.4, 0.5) is 5.69 Å². The van der Waals surface area contributed by atoms with Gasteiger partial charge in [0, 0.05) is 24.5 Å². The number of nitrogens with zero attached hydrogens (tertiary/aromatic N) is 1. The number of hydrogen-bond acceptors (Lipinski definition) is 2. The summed E-state index contributed by atoms with van der Waals surface area (Å²) in [5, 5.41) is 2.91. The molecule has 0 saturated carbocycles. The first-order valence-electron chi connectivity index (χ1n) is 6.66. The molecule has 1 aromatic carbocycles. The van der Waals surface area contributed by atoms with Crippen LogP contribution in [0.15, 0.2) is 30.3 Å². The maximum absolute atomic E-state index is 12.1. The highest BCUT2D eigenvalue weighted by atomic mass is 35.5. The van der Waals surface area contributed by atoms with Crippen LogP contribution in [0, 0.1) is 5.41 Å². The number of anilines is 1. The zero-order valence-electron chi connectivity index (χ0n) is 11.7. The lowest BCUT2D eigenvalue weighted by atomic mass is 9.95. The molecule has 2 rings (SSSR count). The molecule has 1 aromatic rings. The van der Waals surface area contributed by atoms with Crippen LogP contribution < -0.4 is 10.2 Å². The first-order valence-corrected chi connectivity index (χ1v) is 7.20. The van der Waals surface area contributed by atoms with E-state index in [-0.39, 0.29) is 23.7 Å². The summed E-state index contributed by atoms with van der Waals surface area (Å²) in [6, 6.07) is 9.33. The van der Waals surface area contributed by atoms with Crippen LogP contribution in [0.25, 0.3) is 0 Å². The summed E-state index contributed by atoms with van der Waals surface area (Å²) in [4.78, 5) is 25.8. The maximum atomic E-state index is 12.1. The molecule has 1 saturated heterocycles. The molecule has 1 atom stereocenters. The van der Waals surface area contributed by atoms with Gasteiger partial charge >= 0.3 is 0 Å². The van der Waals surface area contributed by atoms with Gasteiger partial charge in [-0.1, -0.05) is 18.2 Å². The molecule has 1 heterocycles. The predicted molar refractivity (Wildman–Crippen MR) is 79.8 cm³/mol. The number of benzene rings is 1. The quantitative estimate of drug-likeness (QED) is 0.865. The number of carbonyl (C=O) groups is 2. The lowest BCUT2D eigenvalue weighted by Gasteiger charge is -2.23. The summed E-state index contributed by atoms with van der Waals surface area (Å²) in [6.45, 7) is 4.09. The minimum atomic E-state index is -0.620. The van der Waals surface area contributed by atoms with Crippen LogP contribution in [0.3, 0.4) is 0 Å². The van der Waals surface area contributed by atoms with Gasteiger partial charge in [-0.25, -0.2) is 0 Å². The average Bonchev–Trinajstić information content (AvgIpc) is 2.80. The fourth-order valence-electron chi connectivity index (χ4n) is 2.10. The minimum absolute atomic E-state index is 0.0326. The van der Waals surface area contributed by atoms with E-state index < -0.39 is 5.41 Å². The molecular weight excluding hydrogens is 276 g/mol. The number of carbonyl (C=O) groups excluding carboxylic acids is 2. The van der Waals surface area contributed by atoms with E-state index in [0.717, 1.165) is 5.69 Å². The molecular formula is C15H19ClN2O2.